The molecule has 43 heavy (non-hydrogen) atoms. The van der Waals surface area contributed by atoms with Crippen molar-refractivity contribution in [2.24, 2.45) is 0 Å². The molecule has 2 amide bonds. The molecule has 1 aliphatic rings. The van der Waals surface area contributed by atoms with Crippen molar-refractivity contribution in [1.29, 1.82) is 0 Å². The Morgan fingerprint density at radius 1 is 0.837 bits per heavy atom. The van der Waals surface area contributed by atoms with Crippen molar-refractivity contribution in [3.05, 3.63) is 129 Å². The van der Waals surface area contributed by atoms with Crippen LogP contribution in [0.15, 0.2) is 91.0 Å². The number of ether oxygens (including phenoxy) is 1. The van der Waals surface area contributed by atoms with Crippen LogP contribution < -0.4 is 4.90 Å². The van der Waals surface area contributed by atoms with Crippen LogP contribution in [0.3, 0.4) is 0 Å². The fraction of sp³-hybridized carbons (Fsp3) is 0.0882. The molecule has 4 aromatic carbocycles. The number of carbonyl (C=O) groups is 4. The van der Waals surface area contributed by atoms with Crippen LogP contribution >= 0.6 is 23.2 Å². The summed E-state index contributed by atoms with van der Waals surface area (Å²) in [6.45, 7) is 3.31. The first-order valence-corrected chi connectivity index (χ1v) is 14.1. The summed E-state index contributed by atoms with van der Waals surface area (Å²) in [6.07, 6.45) is -1.06. The average Bonchev–Trinajstić information content (AvgIpc) is 3.27. The lowest BCUT2D eigenvalue weighted by Gasteiger charge is -2.16. The van der Waals surface area contributed by atoms with Gasteiger partial charge in [-0.05, 0) is 80.1 Å². The topological polar surface area (TPSA) is 93.6 Å². The molecule has 1 atom stereocenters. The summed E-state index contributed by atoms with van der Waals surface area (Å²) in [5.74, 6) is -1.86. The quantitative estimate of drug-likeness (QED) is 0.111. The van der Waals surface area contributed by atoms with Crippen molar-refractivity contribution in [1.82, 2.24) is 4.98 Å². The smallest absolute Gasteiger partial charge is 0.339 e. The first-order valence-electron chi connectivity index (χ1n) is 13.3. The Morgan fingerprint density at radius 3 is 2.09 bits per heavy atom. The molecule has 0 saturated heterocycles. The molecule has 0 aliphatic carbocycles. The summed E-state index contributed by atoms with van der Waals surface area (Å²) in [5.41, 5.74) is 3.92. The first-order chi connectivity index (χ1) is 20.6. The van der Waals surface area contributed by atoms with Crippen molar-refractivity contribution >= 4 is 63.4 Å². The molecule has 0 spiro atoms. The molecule has 1 aliphatic heterocycles. The summed E-state index contributed by atoms with van der Waals surface area (Å²) >= 11 is 12.3. The van der Waals surface area contributed by atoms with Gasteiger partial charge in [0, 0.05) is 26.6 Å². The molecule has 5 aromatic rings. The van der Waals surface area contributed by atoms with Crippen LogP contribution in [0.25, 0.3) is 22.2 Å². The van der Waals surface area contributed by atoms with Gasteiger partial charge in [0.25, 0.3) is 11.8 Å². The summed E-state index contributed by atoms with van der Waals surface area (Å²) in [6, 6.07) is 24.7. The van der Waals surface area contributed by atoms with Gasteiger partial charge in [0.1, 0.15) is 0 Å². The van der Waals surface area contributed by atoms with Crippen LogP contribution in [-0.4, -0.2) is 34.7 Å². The van der Waals surface area contributed by atoms with Gasteiger partial charge < -0.3 is 4.74 Å². The number of nitrogens with zero attached hydrogens (tertiary/aromatic N) is 2. The number of aromatic nitrogens is 1. The lowest BCUT2D eigenvalue weighted by molar-refractivity contribution is 0.0320. The second kappa shape index (κ2) is 11.1. The van der Waals surface area contributed by atoms with Gasteiger partial charge in [-0.25, -0.2) is 14.7 Å². The highest BCUT2D eigenvalue weighted by Crippen LogP contribution is 2.33. The molecule has 0 saturated carbocycles. The second-order valence-corrected chi connectivity index (χ2v) is 10.9. The number of anilines is 1. The predicted molar refractivity (Wildman–Crippen MR) is 165 cm³/mol. The summed E-state index contributed by atoms with van der Waals surface area (Å²) < 4.78 is 5.63. The molecule has 212 valence electrons. The minimum atomic E-state index is -1.06. The molecule has 2 heterocycles. The number of hydrogen-bond acceptors (Lipinski definition) is 6. The standard InChI is InChI=1S/C34H22Cl2N2O5/c1-18-28(36)16-15-24-27(34(42)43-19(2)31(39)21-7-11-22(35)12-8-21)17-29(37-30(18)24)20-9-13-23(14-10-20)38-32(40)25-5-3-4-6-26(25)33(38)41/h3-17,19H,1-2H3. The van der Waals surface area contributed by atoms with Gasteiger partial charge in [-0.2, -0.15) is 0 Å². The number of imide groups is 1. The zero-order chi connectivity index (χ0) is 30.4. The number of aryl methyl sites for hydroxylation is 1. The fourth-order valence-corrected chi connectivity index (χ4v) is 5.33. The highest BCUT2D eigenvalue weighted by molar-refractivity contribution is 6.34. The van der Waals surface area contributed by atoms with Gasteiger partial charge in [0.15, 0.2) is 6.10 Å². The summed E-state index contributed by atoms with van der Waals surface area (Å²) in [4.78, 5) is 58.2. The lowest BCUT2D eigenvalue weighted by Crippen LogP contribution is -2.29. The van der Waals surface area contributed by atoms with Crippen LogP contribution in [0.5, 0.6) is 0 Å². The van der Waals surface area contributed by atoms with Gasteiger partial charge >= 0.3 is 5.97 Å². The maximum Gasteiger partial charge on any atom is 0.339 e. The number of fused-ring (bicyclic) bond motifs is 2. The number of esters is 1. The number of carbonyl (C=O) groups excluding carboxylic acids is 4. The third-order valence-electron chi connectivity index (χ3n) is 7.39. The molecule has 0 bridgehead atoms. The van der Waals surface area contributed by atoms with E-state index in [1.807, 2.05) is 0 Å². The van der Waals surface area contributed by atoms with Gasteiger partial charge in [0.05, 0.1) is 33.6 Å². The molecule has 0 N–H and O–H groups in total. The molecule has 1 unspecified atom stereocenters. The molecule has 0 fully saturated rings. The van der Waals surface area contributed by atoms with E-state index in [1.165, 1.54) is 6.92 Å². The predicted octanol–water partition coefficient (Wildman–Crippen LogP) is 7.75. The number of amides is 2. The van der Waals surface area contributed by atoms with E-state index in [-0.39, 0.29) is 11.3 Å². The van der Waals surface area contributed by atoms with E-state index in [0.717, 1.165) is 4.90 Å². The van der Waals surface area contributed by atoms with Crippen molar-refractivity contribution in [2.75, 3.05) is 4.90 Å². The molecule has 1 aromatic heterocycles. The van der Waals surface area contributed by atoms with Crippen molar-refractivity contribution in [3.8, 4) is 11.3 Å². The largest absolute Gasteiger partial charge is 0.451 e. The third kappa shape index (κ3) is 5.07. The molecular formula is C34H22Cl2N2O5. The van der Waals surface area contributed by atoms with Crippen molar-refractivity contribution in [3.63, 3.8) is 0 Å². The monoisotopic (exact) mass is 608 g/mol. The Hall–Kier alpha value is -4.85. The van der Waals surface area contributed by atoms with Gasteiger partial charge in [-0.1, -0.05) is 53.5 Å². The molecular weight excluding hydrogens is 587 g/mol. The van der Waals surface area contributed by atoms with E-state index in [1.54, 1.807) is 97.9 Å². The Kier molecular flexibility index (Phi) is 7.30. The first kappa shape index (κ1) is 28.3. The van der Waals surface area contributed by atoms with Crippen LogP contribution in [0.2, 0.25) is 10.0 Å². The third-order valence-corrected chi connectivity index (χ3v) is 8.05. The summed E-state index contributed by atoms with van der Waals surface area (Å²) in [7, 11) is 0. The molecule has 9 heteroatoms. The minimum Gasteiger partial charge on any atom is -0.451 e. The number of pyridine rings is 1. The van der Waals surface area contributed by atoms with E-state index < -0.39 is 23.9 Å². The number of ketones is 1. The number of halogens is 2. The Morgan fingerprint density at radius 2 is 1.47 bits per heavy atom. The van der Waals surface area contributed by atoms with E-state index in [0.29, 0.717) is 60.1 Å². The van der Waals surface area contributed by atoms with Gasteiger partial charge in [-0.15, -0.1) is 0 Å². The highest BCUT2D eigenvalue weighted by atomic mass is 35.5. The minimum absolute atomic E-state index is 0.208. The van der Waals surface area contributed by atoms with Crippen LogP contribution in [0.4, 0.5) is 5.69 Å². The van der Waals surface area contributed by atoms with E-state index in [2.05, 4.69) is 0 Å². The zero-order valence-electron chi connectivity index (χ0n) is 22.9. The summed E-state index contributed by atoms with van der Waals surface area (Å²) in [5, 5.41) is 1.48. The zero-order valence-corrected chi connectivity index (χ0v) is 24.4. The maximum absolute atomic E-state index is 13.5. The second-order valence-electron chi connectivity index (χ2n) is 10.1. The van der Waals surface area contributed by atoms with Crippen molar-refractivity contribution in [2.45, 2.75) is 20.0 Å². The van der Waals surface area contributed by atoms with E-state index in [4.69, 9.17) is 32.9 Å². The maximum atomic E-state index is 13.5. The van der Waals surface area contributed by atoms with E-state index in [9.17, 15) is 19.2 Å². The molecule has 6 rings (SSSR count). The number of benzene rings is 4. The Labute approximate surface area is 256 Å². The normalized spacial score (nSPS) is 13.3. The number of rotatable bonds is 6. The Bertz CT molecular complexity index is 1940. The number of Topliss-reactive ketones (excluding diaryl/α,β-unsaturated/α-hetero) is 1. The fourth-order valence-electron chi connectivity index (χ4n) is 5.05. The van der Waals surface area contributed by atoms with Crippen LogP contribution in [0, 0.1) is 6.92 Å². The molecule has 0 radical (unpaired) electrons. The lowest BCUT2D eigenvalue weighted by atomic mass is 10.0. The van der Waals surface area contributed by atoms with Crippen LogP contribution in [0.1, 0.15) is 53.9 Å². The van der Waals surface area contributed by atoms with Gasteiger partial charge in [0.2, 0.25) is 5.78 Å². The molecule has 7 nitrogen and oxygen atoms in total. The highest BCUT2D eigenvalue weighted by Gasteiger charge is 2.36. The van der Waals surface area contributed by atoms with Gasteiger partial charge in [-0.3, -0.25) is 14.4 Å². The number of hydrogen-bond donors (Lipinski definition) is 0. The van der Waals surface area contributed by atoms with E-state index >= 15 is 0 Å². The van der Waals surface area contributed by atoms with Crippen LogP contribution in [-0.2, 0) is 4.74 Å². The average molecular weight is 609 g/mol. The Balaban J connectivity index is 1.34. The van der Waals surface area contributed by atoms with Crippen molar-refractivity contribution < 1.29 is 23.9 Å². The SMILES string of the molecule is Cc1c(Cl)ccc2c(C(=O)OC(C)C(=O)c3ccc(Cl)cc3)cc(-c3ccc(N4C(=O)c5ccccc5C4=O)cc3)nc12.